The van der Waals surface area contributed by atoms with Crippen LogP contribution in [0.1, 0.15) is 26.0 Å². The summed E-state index contributed by atoms with van der Waals surface area (Å²) in [7, 11) is -3.96. The maximum absolute atomic E-state index is 13.6. The first kappa shape index (κ1) is 21.1. The van der Waals surface area contributed by atoms with E-state index in [0.29, 0.717) is 4.88 Å². The third kappa shape index (κ3) is 4.51. The van der Waals surface area contributed by atoms with Crippen molar-refractivity contribution in [1.29, 1.82) is 0 Å². The Hall–Kier alpha value is -2.65. The molecule has 152 valence electrons. The number of aryl methyl sites for hydroxylation is 1. The van der Waals surface area contributed by atoms with Crippen molar-refractivity contribution in [3.63, 3.8) is 0 Å². The Bertz CT molecular complexity index is 1150. The maximum Gasteiger partial charge on any atom is 0.251 e. The fourth-order valence-electron chi connectivity index (χ4n) is 2.72. The van der Waals surface area contributed by atoms with Crippen molar-refractivity contribution in [2.45, 2.75) is 17.1 Å². The van der Waals surface area contributed by atoms with Crippen molar-refractivity contribution in [1.82, 2.24) is 5.32 Å². The van der Waals surface area contributed by atoms with E-state index in [1.54, 1.807) is 17.5 Å². The maximum atomic E-state index is 13.6. The zero-order valence-electron chi connectivity index (χ0n) is 15.2. The Kier molecular flexibility index (Phi) is 6.09. The minimum absolute atomic E-state index is 0.0723. The molecule has 1 N–H and O–H groups in total. The SMILES string of the molecule is Cc1cc(S(=O)(=O)C(CNC(=O)c2ccc(F)c(F)c2)c2cccs2)ccc1F. The minimum atomic E-state index is -3.96. The molecule has 1 heterocycles. The van der Waals surface area contributed by atoms with Gasteiger partial charge in [0, 0.05) is 17.0 Å². The van der Waals surface area contributed by atoms with E-state index in [9.17, 15) is 26.4 Å². The minimum Gasteiger partial charge on any atom is -0.350 e. The van der Waals surface area contributed by atoms with Gasteiger partial charge in [-0.15, -0.1) is 11.3 Å². The first-order valence-corrected chi connectivity index (χ1v) is 10.9. The topological polar surface area (TPSA) is 63.2 Å². The van der Waals surface area contributed by atoms with Crippen LogP contribution in [0, 0.1) is 24.4 Å². The molecule has 0 aliphatic carbocycles. The number of carbonyl (C=O) groups excluding carboxylic acids is 1. The summed E-state index contributed by atoms with van der Waals surface area (Å²) >= 11 is 1.20. The number of halogens is 3. The molecule has 3 aromatic rings. The van der Waals surface area contributed by atoms with Crippen LogP contribution in [0.5, 0.6) is 0 Å². The molecule has 0 bridgehead atoms. The molecule has 1 aromatic heterocycles. The number of amides is 1. The first-order chi connectivity index (χ1) is 13.7. The van der Waals surface area contributed by atoms with Crippen molar-refractivity contribution < 1.29 is 26.4 Å². The summed E-state index contributed by atoms with van der Waals surface area (Å²) in [5.74, 6) is -3.53. The van der Waals surface area contributed by atoms with E-state index in [4.69, 9.17) is 0 Å². The van der Waals surface area contributed by atoms with Crippen molar-refractivity contribution >= 4 is 27.1 Å². The monoisotopic (exact) mass is 439 g/mol. The smallest absolute Gasteiger partial charge is 0.251 e. The second-order valence-corrected chi connectivity index (χ2v) is 9.41. The van der Waals surface area contributed by atoms with Gasteiger partial charge in [-0.3, -0.25) is 4.79 Å². The number of benzene rings is 2. The molecule has 0 fully saturated rings. The second-order valence-electron chi connectivity index (χ2n) is 6.30. The van der Waals surface area contributed by atoms with E-state index >= 15 is 0 Å². The average molecular weight is 439 g/mol. The number of nitrogens with one attached hydrogen (secondary N) is 1. The first-order valence-electron chi connectivity index (χ1n) is 8.47. The van der Waals surface area contributed by atoms with Gasteiger partial charge in [0.1, 0.15) is 11.1 Å². The third-order valence-electron chi connectivity index (χ3n) is 4.32. The molecule has 1 amide bonds. The van der Waals surface area contributed by atoms with Gasteiger partial charge in [0.05, 0.1) is 4.90 Å². The van der Waals surface area contributed by atoms with Gasteiger partial charge in [0.2, 0.25) is 0 Å². The quantitative estimate of drug-likeness (QED) is 0.579. The van der Waals surface area contributed by atoms with Crippen LogP contribution < -0.4 is 5.32 Å². The summed E-state index contributed by atoms with van der Waals surface area (Å²) in [5, 5.41) is 3.04. The van der Waals surface area contributed by atoms with Gasteiger partial charge in [0.15, 0.2) is 21.5 Å². The standard InChI is InChI=1S/C20H16F3NO3S2/c1-12-9-14(5-7-15(12)21)29(26,27)19(18-3-2-8-28-18)11-24-20(25)13-4-6-16(22)17(23)10-13/h2-10,19H,11H2,1H3,(H,24,25). The molecule has 1 atom stereocenters. The van der Waals surface area contributed by atoms with E-state index in [-0.39, 0.29) is 22.6 Å². The van der Waals surface area contributed by atoms with Crippen molar-refractivity contribution in [2.75, 3.05) is 6.54 Å². The molecule has 3 rings (SSSR count). The summed E-state index contributed by atoms with van der Waals surface area (Å²) in [6.07, 6.45) is 0. The number of hydrogen-bond acceptors (Lipinski definition) is 4. The van der Waals surface area contributed by atoms with E-state index in [1.165, 1.54) is 30.4 Å². The normalized spacial score (nSPS) is 12.6. The lowest BCUT2D eigenvalue weighted by Crippen LogP contribution is -2.31. The van der Waals surface area contributed by atoms with Crippen LogP contribution in [-0.4, -0.2) is 20.9 Å². The predicted molar refractivity (Wildman–Crippen MR) is 104 cm³/mol. The molecule has 2 aromatic carbocycles. The molecular formula is C20H16F3NO3S2. The fraction of sp³-hybridized carbons (Fsp3) is 0.150. The Morgan fingerprint density at radius 3 is 2.38 bits per heavy atom. The second kappa shape index (κ2) is 8.38. The van der Waals surface area contributed by atoms with Gasteiger partial charge in [-0.25, -0.2) is 21.6 Å². The van der Waals surface area contributed by atoms with Crippen LogP contribution in [0.2, 0.25) is 0 Å². The fourth-order valence-corrected chi connectivity index (χ4v) is 5.59. The molecule has 0 spiro atoms. The van der Waals surface area contributed by atoms with Gasteiger partial charge < -0.3 is 5.32 Å². The molecule has 9 heteroatoms. The highest BCUT2D eigenvalue weighted by Crippen LogP contribution is 2.32. The molecular weight excluding hydrogens is 423 g/mol. The van der Waals surface area contributed by atoms with Crippen molar-refractivity contribution in [3.8, 4) is 0 Å². The van der Waals surface area contributed by atoms with E-state index in [0.717, 1.165) is 24.3 Å². The molecule has 0 aliphatic rings. The van der Waals surface area contributed by atoms with Gasteiger partial charge in [-0.1, -0.05) is 6.07 Å². The Morgan fingerprint density at radius 1 is 1.03 bits per heavy atom. The van der Waals surface area contributed by atoms with E-state index in [2.05, 4.69) is 5.32 Å². The van der Waals surface area contributed by atoms with Crippen LogP contribution in [0.15, 0.2) is 58.8 Å². The Labute approximate surface area is 169 Å². The van der Waals surface area contributed by atoms with Gasteiger partial charge >= 0.3 is 0 Å². The summed E-state index contributed by atoms with van der Waals surface area (Å²) in [6.45, 7) is 1.16. The number of carbonyl (C=O) groups is 1. The van der Waals surface area contributed by atoms with Crippen molar-refractivity contribution in [2.24, 2.45) is 0 Å². The van der Waals surface area contributed by atoms with Crippen LogP contribution >= 0.6 is 11.3 Å². The molecule has 1 unspecified atom stereocenters. The summed E-state index contributed by atoms with van der Waals surface area (Å²) in [6, 6.07) is 9.45. The number of rotatable bonds is 6. The van der Waals surface area contributed by atoms with Crippen LogP contribution in [0.3, 0.4) is 0 Å². The molecule has 0 radical (unpaired) electrons. The number of sulfone groups is 1. The Morgan fingerprint density at radius 2 is 1.76 bits per heavy atom. The highest BCUT2D eigenvalue weighted by molar-refractivity contribution is 7.91. The lowest BCUT2D eigenvalue weighted by Gasteiger charge is -2.18. The summed E-state index contributed by atoms with van der Waals surface area (Å²) in [4.78, 5) is 12.7. The highest BCUT2D eigenvalue weighted by atomic mass is 32.2. The van der Waals surface area contributed by atoms with Crippen LogP contribution in [0.4, 0.5) is 13.2 Å². The molecule has 0 saturated carbocycles. The number of thiophene rings is 1. The summed E-state index contributed by atoms with van der Waals surface area (Å²) < 4.78 is 66.3. The lowest BCUT2D eigenvalue weighted by atomic mass is 10.2. The van der Waals surface area contributed by atoms with Crippen LogP contribution in [0.25, 0.3) is 0 Å². The molecule has 0 aliphatic heterocycles. The highest BCUT2D eigenvalue weighted by Gasteiger charge is 2.31. The van der Waals surface area contributed by atoms with E-state index in [1.807, 2.05) is 0 Å². The van der Waals surface area contributed by atoms with E-state index < -0.39 is 38.4 Å². The number of hydrogen-bond donors (Lipinski definition) is 1. The largest absolute Gasteiger partial charge is 0.350 e. The molecule has 4 nitrogen and oxygen atoms in total. The molecule has 29 heavy (non-hydrogen) atoms. The predicted octanol–water partition coefficient (Wildman–Crippen LogP) is 4.42. The average Bonchev–Trinajstić information content (AvgIpc) is 3.20. The van der Waals surface area contributed by atoms with Gasteiger partial charge in [0.25, 0.3) is 5.91 Å². The van der Waals surface area contributed by atoms with Crippen LogP contribution in [-0.2, 0) is 9.84 Å². The van der Waals surface area contributed by atoms with Crippen molar-refractivity contribution in [3.05, 3.63) is 87.4 Å². The van der Waals surface area contributed by atoms with Gasteiger partial charge in [-0.2, -0.15) is 0 Å². The Balaban J connectivity index is 1.89. The lowest BCUT2D eigenvalue weighted by molar-refractivity contribution is 0.0953. The zero-order chi connectivity index (χ0) is 21.2. The van der Waals surface area contributed by atoms with Gasteiger partial charge in [-0.05, 0) is 60.3 Å². The third-order valence-corrected chi connectivity index (χ3v) is 7.54. The molecule has 0 saturated heterocycles. The summed E-state index contributed by atoms with van der Waals surface area (Å²) in [5.41, 5.74) is 0.0469. The zero-order valence-corrected chi connectivity index (χ0v) is 16.8.